The van der Waals surface area contributed by atoms with E-state index >= 15 is 0 Å². The molecule has 1 rings (SSSR count). The monoisotopic (exact) mass is 347 g/mol. The standard InChI is InChI=1S/C8H5ClF2INO2/c1-15-5-4(7(10)11)3(6(9)14)2-13-8(5)12/h2,7H,1H3. The van der Waals surface area contributed by atoms with Crippen LogP contribution in [0.5, 0.6) is 5.75 Å². The number of hydrogen-bond acceptors (Lipinski definition) is 3. The molecule has 82 valence electrons. The zero-order valence-corrected chi connectivity index (χ0v) is 10.3. The number of aromatic nitrogens is 1. The van der Waals surface area contributed by atoms with E-state index in [0.717, 1.165) is 6.20 Å². The molecule has 15 heavy (non-hydrogen) atoms. The van der Waals surface area contributed by atoms with Gasteiger partial charge in [-0.05, 0) is 34.2 Å². The van der Waals surface area contributed by atoms with Crippen molar-refractivity contribution in [2.45, 2.75) is 6.43 Å². The topological polar surface area (TPSA) is 39.2 Å². The zero-order chi connectivity index (χ0) is 11.6. The van der Waals surface area contributed by atoms with Gasteiger partial charge in [0.25, 0.3) is 11.7 Å². The molecule has 1 heterocycles. The average molecular weight is 347 g/mol. The van der Waals surface area contributed by atoms with Crippen LogP contribution in [0.2, 0.25) is 0 Å². The molecule has 0 atom stereocenters. The number of carbonyl (C=O) groups excluding carboxylic acids is 1. The molecule has 0 aliphatic rings. The van der Waals surface area contributed by atoms with Gasteiger partial charge in [0.2, 0.25) is 0 Å². The Balaban J connectivity index is 3.49. The summed E-state index contributed by atoms with van der Waals surface area (Å²) in [4.78, 5) is 14.6. The number of alkyl halides is 2. The summed E-state index contributed by atoms with van der Waals surface area (Å²) in [7, 11) is 1.23. The lowest BCUT2D eigenvalue weighted by Gasteiger charge is -2.11. The van der Waals surface area contributed by atoms with E-state index in [4.69, 9.17) is 16.3 Å². The molecule has 7 heteroatoms. The molecule has 0 bridgehead atoms. The van der Waals surface area contributed by atoms with Crippen LogP contribution in [0, 0.1) is 3.70 Å². The van der Waals surface area contributed by atoms with Crippen molar-refractivity contribution in [3.8, 4) is 5.75 Å². The van der Waals surface area contributed by atoms with Crippen molar-refractivity contribution in [2.24, 2.45) is 0 Å². The Morgan fingerprint density at radius 3 is 2.67 bits per heavy atom. The molecule has 3 nitrogen and oxygen atoms in total. The minimum absolute atomic E-state index is 0.114. The Morgan fingerprint density at radius 1 is 1.67 bits per heavy atom. The van der Waals surface area contributed by atoms with Crippen LogP contribution in [0.1, 0.15) is 22.3 Å². The van der Waals surface area contributed by atoms with Crippen LogP contribution >= 0.6 is 34.2 Å². The normalized spacial score (nSPS) is 10.5. The Morgan fingerprint density at radius 2 is 2.27 bits per heavy atom. The van der Waals surface area contributed by atoms with E-state index in [2.05, 4.69) is 4.98 Å². The van der Waals surface area contributed by atoms with Crippen molar-refractivity contribution >= 4 is 39.4 Å². The minimum atomic E-state index is -2.84. The maximum atomic E-state index is 12.7. The van der Waals surface area contributed by atoms with Crippen LogP contribution in [0.4, 0.5) is 8.78 Å². The highest BCUT2D eigenvalue weighted by atomic mass is 127. The predicted octanol–water partition coefficient (Wildman–Crippen LogP) is 3.01. The van der Waals surface area contributed by atoms with Gasteiger partial charge in [-0.2, -0.15) is 0 Å². The first kappa shape index (κ1) is 12.6. The second kappa shape index (κ2) is 5.02. The van der Waals surface area contributed by atoms with Gasteiger partial charge >= 0.3 is 0 Å². The van der Waals surface area contributed by atoms with Crippen molar-refractivity contribution in [3.63, 3.8) is 0 Å². The third-order valence-corrected chi connectivity index (χ3v) is 2.64. The Kier molecular flexibility index (Phi) is 4.21. The largest absolute Gasteiger partial charge is 0.493 e. The fourth-order valence-electron chi connectivity index (χ4n) is 1.05. The summed E-state index contributed by atoms with van der Waals surface area (Å²) in [5, 5.41) is -0.979. The molecule has 0 N–H and O–H groups in total. The summed E-state index contributed by atoms with van der Waals surface area (Å²) < 4.78 is 30.4. The molecule has 1 aromatic heterocycles. The fourth-order valence-corrected chi connectivity index (χ4v) is 1.85. The van der Waals surface area contributed by atoms with Gasteiger partial charge in [0, 0.05) is 6.20 Å². The molecule has 1 aromatic rings. The van der Waals surface area contributed by atoms with Gasteiger partial charge < -0.3 is 4.74 Å². The number of ether oxygens (including phenoxy) is 1. The second-order valence-corrected chi connectivity index (χ2v) is 3.85. The Hall–Kier alpha value is -0.500. The van der Waals surface area contributed by atoms with Gasteiger partial charge in [-0.3, -0.25) is 4.79 Å². The number of hydrogen-bond donors (Lipinski definition) is 0. The van der Waals surface area contributed by atoms with Crippen molar-refractivity contribution in [3.05, 3.63) is 21.0 Å². The molecule has 0 amide bonds. The molecule has 0 radical (unpaired) electrons. The molecule has 0 aliphatic carbocycles. The summed E-state index contributed by atoms with van der Waals surface area (Å²) in [5.74, 6) is -0.114. The van der Waals surface area contributed by atoms with Crippen LogP contribution in [-0.2, 0) is 0 Å². The van der Waals surface area contributed by atoms with Crippen LogP contribution in [0.25, 0.3) is 0 Å². The highest BCUT2D eigenvalue weighted by molar-refractivity contribution is 14.1. The lowest BCUT2D eigenvalue weighted by atomic mass is 10.1. The lowest BCUT2D eigenvalue weighted by molar-refractivity contribution is 0.106. The molecular weight excluding hydrogens is 342 g/mol. The van der Waals surface area contributed by atoms with Crippen LogP contribution in [0.3, 0.4) is 0 Å². The first-order chi connectivity index (χ1) is 6.99. The Bertz CT molecular complexity index is 400. The van der Waals surface area contributed by atoms with Gasteiger partial charge in [-0.15, -0.1) is 0 Å². The summed E-state index contributed by atoms with van der Waals surface area (Å²) >= 11 is 6.90. The van der Waals surface area contributed by atoms with Crippen LogP contribution < -0.4 is 4.74 Å². The molecule has 0 unspecified atom stereocenters. The maximum Gasteiger partial charge on any atom is 0.268 e. The average Bonchev–Trinajstić information content (AvgIpc) is 2.16. The van der Waals surface area contributed by atoms with E-state index in [1.165, 1.54) is 7.11 Å². The van der Waals surface area contributed by atoms with Gasteiger partial charge in [-0.25, -0.2) is 13.8 Å². The zero-order valence-electron chi connectivity index (χ0n) is 7.43. The van der Waals surface area contributed by atoms with E-state index in [0.29, 0.717) is 0 Å². The van der Waals surface area contributed by atoms with Crippen LogP contribution in [0.15, 0.2) is 6.20 Å². The summed E-state index contributed by atoms with van der Waals surface area (Å²) in [6.07, 6.45) is -1.82. The molecule has 0 aromatic carbocycles. The number of rotatable bonds is 3. The maximum absolute atomic E-state index is 12.7. The molecule has 0 fully saturated rings. The van der Waals surface area contributed by atoms with Crippen molar-refractivity contribution < 1.29 is 18.3 Å². The summed E-state index contributed by atoms with van der Waals surface area (Å²) in [5.41, 5.74) is -0.846. The first-order valence-corrected chi connectivity index (χ1v) is 5.15. The van der Waals surface area contributed by atoms with Crippen molar-refractivity contribution in [2.75, 3.05) is 7.11 Å². The van der Waals surface area contributed by atoms with Crippen LogP contribution in [-0.4, -0.2) is 17.3 Å². The summed E-state index contributed by atoms with van der Waals surface area (Å²) in [6, 6.07) is 0. The lowest BCUT2D eigenvalue weighted by Crippen LogP contribution is -2.05. The number of halogens is 4. The molecular formula is C8H5ClF2INO2. The fraction of sp³-hybridized carbons (Fsp3) is 0.250. The molecule has 0 saturated carbocycles. The van der Waals surface area contributed by atoms with Gasteiger partial charge in [0.1, 0.15) is 3.70 Å². The summed E-state index contributed by atoms with van der Waals surface area (Å²) in [6.45, 7) is 0. The van der Waals surface area contributed by atoms with E-state index in [1.54, 1.807) is 22.6 Å². The highest BCUT2D eigenvalue weighted by Crippen LogP contribution is 2.35. The molecule has 0 aliphatic heterocycles. The SMILES string of the molecule is COc1c(I)ncc(C(=O)Cl)c1C(F)F. The van der Waals surface area contributed by atoms with Crippen molar-refractivity contribution in [1.82, 2.24) is 4.98 Å². The van der Waals surface area contributed by atoms with Gasteiger partial charge in [0.15, 0.2) is 5.75 Å². The Labute approximate surface area is 103 Å². The third-order valence-electron chi connectivity index (χ3n) is 1.66. The highest BCUT2D eigenvalue weighted by Gasteiger charge is 2.24. The number of pyridine rings is 1. The second-order valence-electron chi connectivity index (χ2n) is 2.48. The predicted molar refractivity (Wildman–Crippen MR) is 58.6 cm³/mol. The van der Waals surface area contributed by atoms with E-state index < -0.39 is 17.2 Å². The van der Waals surface area contributed by atoms with E-state index in [-0.39, 0.29) is 15.0 Å². The molecule has 0 saturated heterocycles. The van der Waals surface area contributed by atoms with Crippen molar-refractivity contribution in [1.29, 1.82) is 0 Å². The molecule has 0 spiro atoms. The smallest absolute Gasteiger partial charge is 0.268 e. The minimum Gasteiger partial charge on any atom is -0.493 e. The quantitative estimate of drug-likeness (QED) is 0.479. The number of methoxy groups -OCH3 is 1. The number of nitrogens with zero attached hydrogens (tertiary/aromatic N) is 1. The van der Waals surface area contributed by atoms with E-state index in [9.17, 15) is 13.6 Å². The number of carbonyl (C=O) groups is 1. The van der Waals surface area contributed by atoms with Gasteiger partial charge in [-0.1, -0.05) is 0 Å². The van der Waals surface area contributed by atoms with E-state index in [1.807, 2.05) is 0 Å². The first-order valence-electron chi connectivity index (χ1n) is 3.69. The van der Waals surface area contributed by atoms with Gasteiger partial charge in [0.05, 0.1) is 18.2 Å². The third kappa shape index (κ3) is 2.54.